The molecule has 1 saturated carbocycles. The van der Waals surface area contributed by atoms with Crippen LogP contribution in [0.1, 0.15) is 18.4 Å². The second-order valence-corrected chi connectivity index (χ2v) is 6.01. The van der Waals surface area contributed by atoms with Gasteiger partial charge in [0.1, 0.15) is 5.82 Å². The molecule has 7 heteroatoms. The number of esters is 1. The van der Waals surface area contributed by atoms with Crippen molar-refractivity contribution in [2.75, 3.05) is 11.9 Å². The molecule has 0 aromatic heterocycles. The van der Waals surface area contributed by atoms with Crippen molar-refractivity contribution < 1.29 is 23.5 Å². The molecule has 1 fully saturated rings. The highest BCUT2D eigenvalue weighted by atomic mass is 19.1. The number of rotatable bonds is 5. The van der Waals surface area contributed by atoms with E-state index in [0.717, 1.165) is 5.56 Å². The van der Waals surface area contributed by atoms with Crippen molar-refractivity contribution in [3.63, 3.8) is 0 Å². The van der Waals surface area contributed by atoms with Gasteiger partial charge in [0.2, 0.25) is 0 Å². The standard InChI is InChI=1S/C19H17FN2O4/c20-14-8-4-5-9-15(14)21-18(25)22-16(23)12-26-17(24)19(10-11-19)13-6-2-1-3-7-13/h1-9H,10-12H2,(H2,21,22,23,25). The van der Waals surface area contributed by atoms with Crippen molar-refractivity contribution in [1.82, 2.24) is 5.32 Å². The van der Waals surface area contributed by atoms with Crippen molar-refractivity contribution in [2.45, 2.75) is 18.3 Å². The Morgan fingerprint density at radius 1 is 1.00 bits per heavy atom. The van der Waals surface area contributed by atoms with E-state index in [-0.39, 0.29) is 5.69 Å². The average Bonchev–Trinajstić information content (AvgIpc) is 3.44. The largest absolute Gasteiger partial charge is 0.455 e. The molecule has 0 unspecified atom stereocenters. The van der Waals surface area contributed by atoms with Gasteiger partial charge in [0.15, 0.2) is 6.61 Å². The number of carbonyl (C=O) groups excluding carboxylic acids is 3. The van der Waals surface area contributed by atoms with Crippen molar-refractivity contribution in [3.8, 4) is 0 Å². The number of carbonyl (C=O) groups is 3. The number of para-hydroxylation sites is 1. The molecule has 0 spiro atoms. The van der Waals surface area contributed by atoms with E-state index in [0.29, 0.717) is 12.8 Å². The third kappa shape index (κ3) is 3.88. The van der Waals surface area contributed by atoms with E-state index in [4.69, 9.17) is 4.74 Å². The molecule has 0 aliphatic heterocycles. The lowest BCUT2D eigenvalue weighted by Crippen LogP contribution is -2.38. The predicted octanol–water partition coefficient (Wildman–Crippen LogP) is 2.75. The highest BCUT2D eigenvalue weighted by molar-refractivity contribution is 6.02. The molecule has 0 radical (unpaired) electrons. The molecule has 6 nitrogen and oxygen atoms in total. The highest BCUT2D eigenvalue weighted by Gasteiger charge is 2.52. The van der Waals surface area contributed by atoms with Gasteiger partial charge in [0.05, 0.1) is 11.1 Å². The Morgan fingerprint density at radius 3 is 2.31 bits per heavy atom. The summed E-state index contributed by atoms with van der Waals surface area (Å²) in [6.45, 7) is -0.585. The van der Waals surface area contributed by atoms with Crippen LogP contribution in [0.5, 0.6) is 0 Å². The van der Waals surface area contributed by atoms with Crippen LogP contribution in [0.25, 0.3) is 0 Å². The number of anilines is 1. The van der Waals surface area contributed by atoms with E-state index in [2.05, 4.69) is 5.32 Å². The molecule has 2 aromatic rings. The minimum Gasteiger partial charge on any atom is -0.455 e. The van der Waals surface area contributed by atoms with Crippen molar-refractivity contribution in [1.29, 1.82) is 0 Å². The lowest BCUT2D eigenvalue weighted by atomic mass is 9.96. The fourth-order valence-corrected chi connectivity index (χ4v) is 2.64. The lowest BCUT2D eigenvalue weighted by molar-refractivity contribution is -0.150. The smallest absolute Gasteiger partial charge is 0.326 e. The first-order valence-electron chi connectivity index (χ1n) is 8.09. The zero-order chi connectivity index (χ0) is 18.6. The van der Waals surface area contributed by atoms with Gasteiger partial charge in [-0.2, -0.15) is 0 Å². The molecule has 0 heterocycles. The van der Waals surface area contributed by atoms with Gasteiger partial charge in [0.25, 0.3) is 5.91 Å². The van der Waals surface area contributed by atoms with Crippen LogP contribution >= 0.6 is 0 Å². The van der Waals surface area contributed by atoms with Gasteiger partial charge < -0.3 is 10.1 Å². The minimum absolute atomic E-state index is 0.0594. The van der Waals surface area contributed by atoms with Crippen LogP contribution < -0.4 is 10.6 Å². The van der Waals surface area contributed by atoms with Gasteiger partial charge in [0, 0.05) is 0 Å². The Balaban J connectivity index is 1.49. The number of hydrogen-bond donors (Lipinski definition) is 2. The summed E-state index contributed by atoms with van der Waals surface area (Å²) in [4.78, 5) is 35.8. The Bertz CT molecular complexity index is 834. The number of benzene rings is 2. The lowest BCUT2D eigenvalue weighted by Gasteiger charge is -2.14. The number of ether oxygens (including phenoxy) is 1. The molecule has 2 aromatic carbocycles. The monoisotopic (exact) mass is 356 g/mol. The van der Waals surface area contributed by atoms with E-state index in [1.54, 1.807) is 6.07 Å². The zero-order valence-electron chi connectivity index (χ0n) is 13.8. The van der Waals surface area contributed by atoms with Gasteiger partial charge in [-0.1, -0.05) is 42.5 Å². The molecule has 134 valence electrons. The van der Waals surface area contributed by atoms with Crippen LogP contribution in [-0.2, 0) is 19.7 Å². The van der Waals surface area contributed by atoms with E-state index < -0.39 is 35.7 Å². The van der Waals surface area contributed by atoms with Crippen molar-refractivity contribution in [3.05, 3.63) is 66.0 Å². The summed E-state index contributed by atoms with van der Waals surface area (Å²) < 4.78 is 18.5. The molecular weight excluding hydrogens is 339 g/mol. The SMILES string of the molecule is O=C(COC(=O)C1(c2ccccc2)CC1)NC(=O)Nc1ccccc1F. The molecule has 2 N–H and O–H groups in total. The summed E-state index contributed by atoms with van der Waals surface area (Å²) in [5, 5.41) is 4.20. The average molecular weight is 356 g/mol. The summed E-state index contributed by atoms with van der Waals surface area (Å²) in [5.74, 6) is -1.91. The fourth-order valence-electron chi connectivity index (χ4n) is 2.64. The van der Waals surface area contributed by atoms with Crippen LogP contribution in [0.3, 0.4) is 0 Å². The van der Waals surface area contributed by atoms with E-state index in [1.165, 1.54) is 18.2 Å². The van der Waals surface area contributed by atoms with Crippen LogP contribution in [0.15, 0.2) is 54.6 Å². The molecule has 1 aliphatic rings. The van der Waals surface area contributed by atoms with Crippen molar-refractivity contribution >= 4 is 23.6 Å². The molecule has 3 rings (SSSR count). The molecule has 1 aliphatic carbocycles. The van der Waals surface area contributed by atoms with Gasteiger partial charge >= 0.3 is 12.0 Å². The highest BCUT2D eigenvalue weighted by Crippen LogP contribution is 2.49. The summed E-state index contributed by atoms with van der Waals surface area (Å²) in [6.07, 6.45) is 1.32. The van der Waals surface area contributed by atoms with Gasteiger partial charge in [-0.15, -0.1) is 0 Å². The van der Waals surface area contributed by atoms with Gasteiger partial charge in [-0.05, 0) is 30.5 Å². The Labute approximate surface area is 149 Å². The maximum atomic E-state index is 13.4. The molecule has 26 heavy (non-hydrogen) atoms. The van der Waals surface area contributed by atoms with Crippen LogP contribution in [0, 0.1) is 5.82 Å². The first kappa shape index (κ1) is 17.6. The number of hydrogen-bond acceptors (Lipinski definition) is 4. The second kappa shape index (κ2) is 7.35. The number of amides is 3. The van der Waals surface area contributed by atoms with Crippen molar-refractivity contribution in [2.24, 2.45) is 0 Å². The van der Waals surface area contributed by atoms with E-state index in [1.807, 2.05) is 35.6 Å². The molecule has 0 saturated heterocycles. The first-order valence-corrected chi connectivity index (χ1v) is 8.09. The maximum absolute atomic E-state index is 13.4. The summed E-state index contributed by atoms with van der Waals surface area (Å²) in [5.41, 5.74) is 0.0928. The maximum Gasteiger partial charge on any atom is 0.326 e. The summed E-state index contributed by atoms with van der Waals surface area (Å²) in [7, 11) is 0. The fraction of sp³-hybridized carbons (Fsp3) is 0.211. The topological polar surface area (TPSA) is 84.5 Å². The minimum atomic E-state index is -0.902. The normalized spacial score (nSPS) is 14.2. The van der Waals surface area contributed by atoms with E-state index >= 15 is 0 Å². The number of imide groups is 1. The predicted molar refractivity (Wildman–Crippen MR) is 91.9 cm³/mol. The van der Waals surface area contributed by atoms with Gasteiger partial charge in [-0.3, -0.25) is 14.9 Å². The first-order chi connectivity index (χ1) is 12.5. The van der Waals surface area contributed by atoms with Crippen LogP contribution in [-0.4, -0.2) is 24.5 Å². The molecule has 0 atom stereocenters. The third-order valence-electron chi connectivity index (χ3n) is 4.18. The number of urea groups is 1. The second-order valence-electron chi connectivity index (χ2n) is 6.01. The van der Waals surface area contributed by atoms with Crippen LogP contribution in [0.4, 0.5) is 14.9 Å². The molecule has 0 bridgehead atoms. The quantitative estimate of drug-likeness (QED) is 0.807. The Morgan fingerprint density at radius 2 is 1.65 bits per heavy atom. The zero-order valence-corrected chi connectivity index (χ0v) is 13.8. The third-order valence-corrected chi connectivity index (χ3v) is 4.18. The number of nitrogens with one attached hydrogen (secondary N) is 2. The summed E-state index contributed by atoms with van der Waals surface area (Å²) >= 11 is 0. The molecular formula is C19H17FN2O4. The van der Waals surface area contributed by atoms with E-state index in [9.17, 15) is 18.8 Å². The summed E-state index contributed by atoms with van der Waals surface area (Å²) in [6, 6.07) is 13.9. The molecule has 3 amide bonds. The Kier molecular flexibility index (Phi) is 4.97. The van der Waals surface area contributed by atoms with Gasteiger partial charge in [-0.25, -0.2) is 9.18 Å². The number of halogens is 1. The van der Waals surface area contributed by atoms with Crippen LogP contribution in [0.2, 0.25) is 0 Å². The Hall–Kier alpha value is -3.22.